The highest BCUT2D eigenvalue weighted by Crippen LogP contribution is 2.24. The van der Waals surface area contributed by atoms with Gasteiger partial charge in [0.15, 0.2) is 0 Å². The number of anilines is 1. The van der Waals surface area contributed by atoms with Crippen molar-refractivity contribution >= 4 is 56.0 Å². The van der Waals surface area contributed by atoms with Gasteiger partial charge in [-0.15, -0.1) is 11.8 Å². The first-order valence-corrected chi connectivity index (χ1v) is 10.2. The number of benzene rings is 3. The van der Waals surface area contributed by atoms with E-state index < -0.39 is 0 Å². The second-order valence-electron chi connectivity index (χ2n) is 6.08. The van der Waals surface area contributed by atoms with Crippen LogP contribution in [-0.4, -0.2) is 36.1 Å². The topological polar surface area (TPSA) is 49.4 Å². The number of halogens is 1. The standard InChI is InChI=1S/C21H19BrN2O2S/c1-24(13-20(25)23-19-9-5-4-8-18(19)22)21(26)14-27-17-11-10-15-6-2-3-7-16(15)12-17/h2-12H,13-14H2,1H3,(H,23,25). The molecule has 0 spiro atoms. The van der Waals surface area contributed by atoms with Gasteiger partial charge in [-0.25, -0.2) is 0 Å². The molecule has 0 saturated heterocycles. The summed E-state index contributed by atoms with van der Waals surface area (Å²) in [4.78, 5) is 27.0. The molecule has 0 aliphatic carbocycles. The Balaban J connectivity index is 1.52. The molecule has 0 radical (unpaired) electrons. The van der Waals surface area contributed by atoms with Crippen molar-refractivity contribution in [2.75, 3.05) is 24.7 Å². The van der Waals surface area contributed by atoms with Gasteiger partial charge in [-0.1, -0.05) is 42.5 Å². The summed E-state index contributed by atoms with van der Waals surface area (Å²) in [6.07, 6.45) is 0. The van der Waals surface area contributed by atoms with Crippen molar-refractivity contribution in [1.29, 1.82) is 0 Å². The van der Waals surface area contributed by atoms with Crippen LogP contribution in [0.1, 0.15) is 0 Å². The van der Waals surface area contributed by atoms with Crippen LogP contribution < -0.4 is 5.32 Å². The number of para-hydroxylation sites is 1. The van der Waals surface area contributed by atoms with E-state index in [2.05, 4.69) is 45.5 Å². The van der Waals surface area contributed by atoms with Crippen molar-refractivity contribution < 1.29 is 9.59 Å². The minimum absolute atomic E-state index is 0.0123. The predicted molar refractivity (Wildman–Crippen MR) is 115 cm³/mol. The highest BCUT2D eigenvalue weighted by molar-refractivity contribution is 9.10. The van der Waals surface area contributed by atoms with Gasteiger partial charge in [0.05, 0.1) is 18.0 Å². The number of carbonyl (C=O) groups excluding carboxylic acids is 2. The van der Waals surface area contributed by atoms with Crippen molar-refractivity contribution in [1.82, 2.24) is 4.90 Å². The van der Waals surface area contributed by atoms with Gasteiger partial charge in [-0.05, 0) is 51.0 Å². The van der Waals surface area contributed by atoms with E-state index >= 15 is 0 Å². The highest BCUT2D eigenvalue weighted by Gasteiger charge is 2.14. The molecule has 0 aliphatic rings. The van der Waals surface area contributed by atoms with Gasteiger partial charge in [0.2, 0.25) is 11.8 Å². The SMILES string of the molecule is CN(CC(=O)Nc1ccccc1Br)C(=O)CSc1ccc2ccccc2c1. The summed E-state index contributed by atoms with van der Waals surface area (Å²) >= 11 is 4.86. The third-order valence-electron chi connectivity index (χ3n) is 4.04. The number of nitrogens with one attached hydrogen (secondary N) is 1. The number of likely N-dealkylation sites (N-methyl/N-ethyl adjacent to an activating group) is 1. The van der Waals surface area contributed by atoms with Crippen LogP contribution >= 0.6 is 27.7 Å². The molecular formula is C21H19BrN2O2S. The number of hydrogen-bond donors (Lipinski definition) is 1. The summed E-state index contributed by atoms with van der Waals surface area (Å²) in [5.41, 5.74) is 0.689. The molecule has 2 amide bonds. The summed E-state index contributed by atoms with van der Waals surface area (Å²) in [6.45, 7) is 0.0123. The number of amides is 2. The fraction of sp³-hybridized carbons (Fsp3) is 0.143. The maximum atomic E-state index is 12.4. The molecule has 3 rings (SSSR count). The summed E-state index contributed by atoms with van der Waals surface area (Å²) in [7, 11) is 1.64. The Bertz CT molecular complexity index is 977. The molecule has 6 heteroatoms. The summed E-state index contributed by atoms with van der Waals surface area (Å²) in [5.74, 6) is -0.0270. The fourth-order valence-corrected chi connectivity index (χ4v) is 3.84. The van der Waals surface area contributed by atoms with Crippen LogP contribution in [0.2, 0.25) is 0 Å². The molecule has 138 valence electrons. The number of rotatable bonds is 6. The first-order valence-electron chi connectivity index (χ1n) is 8.43. The first kappa shape index (κ1) is 19.5. The molecule has 0 heterocycles. The number of carbonyl (C=O) groups is 2. The molecule has 1 N–H and O–H groups in total. The maximum Gasteiger partial charge on any atom is 0.244 e. The normalized spacial score (nSPS) is 10.6. The molecule has 3 aromatic carbocycles. The predicted octanol–water partition coefficient (Wildman–Crippen LogP) is 4.79. The molecule has 0 atom stereocenters. The van der Waals surface area contributed by atoms with Crippen molar-refractivity contribution in [3.8, 4) is 0 Å². The molecule has 27 heavy (non-hydrogen) atoms. The average molecular weight is 443 g/mol. The Morgan fingerprint density at radius 2 is 1.70 bits per heavy atom. The van der Waals surface area contributed by atoms with E-state index in [0.29, 0.717) is 5.69 Å². The smallest absolute Gasteiger partial charge is 0.244 e. The molecule has 0 saturated carbocycles. The van der Waals surface area contributed by atoms with Crippen LogP contribution in [-0.2, 0) is 9.59 Å². The largest absolute Gasteiger partial charge is 0.336 e. The Morgan fingerprint density at radius 1 is 1.00 bits per heavy atom. The monoisotopic (exact) mass is 442 g/mol. The number of thioether (sulfide) groups is 1. The van der Waals surface area contributed by atoms with Crippen molar-refractivity contribution in [3.63, 3.8) is 0 Å². The second kappa shape index (κ2) is 9.06. The molecule has 0 aliphatic heterocycles. The molecule has 0 unspecified atom stereocenters. The van der Waals surface area contributed by atoms with Crippen molar-refractivity contribution in [2.24, 2.45) is 0 Å². The lowest BCUT2D eigenvalue weighted by Crippen LogP contribution is -2.36. The van der Waals surface area contributed by atoms with Gasteiger partial charge >= 0.3 is 0 Å². The lowest BCUT2D eigenvalue weighted by molar-refractivity contribution is -0.131. The zero-order valence-corrected chi connectivity index (χ0v) is 17.2. The van der Waals surface area contributed by atoms with Gasteiger partial charge in [0.1, 0.15) is 0 Å². The van der Waals surface area contributed by atoms with E-state index in [-0.39, 0.29) is 24.1 Å². The van der Waals surface area contributed by atoms with Gasteiger partial charge in [0, 0.05) is 16.4 Å². The average Bonchev–Trinajstić information content (AvgIpc) is 2.67. The van der Waals surface area contributed by atoms with Gasteiger partial charge < -0.3 is 10.2 Å². The highest BCUT2D eigenvalue weighted by atomic mass is 79.9. The lowest BCUT2D eigenvalue weighted by atomic mass is 10.1. The van der Waals surface area contributed by atoms with E-state index in [1.54, 1.807) is 13.1 Å². The Labute approximate surface area is 171 Å². The van der Waals surface area contributed by atoms with Crippen LogP contribution in [0.25, 0.3) is 10.8 Å². The zero-order valence-electron chi connectivity index (χ0n) is 14.8. The zero-order chi connectivity index (χ0) is 19.2. The fourth-order valence-electron chi connectivity index (χ4n) is 2.57. The number of fused-ring (bicyclic) bond motifs is 1. The van der Waals surface area contributed by atoms with Crippen LogP contribution in [0.5, 0.6) is 0 Å². The quantitative estimate of drug-likeness (QED) is 0.558. The van der Waals surface area contributed by atoms with Crippen molar-refractivity contribution in [2.45, 2.75) is 4.90 Å². The van der Waals surface area contributed by atoms with Crippen molar-refractivity contribution in [3.05, 3.63) is 71.2 Å². The lowest BCUT2D eigenvalue weighted by Gasteiger charge is -2.17. The molecule has 0 fully saturated rings. The van der Waals surface area contributed by atoms with Crippen LogP contribution in [0.15, 0.2) is 76.1 Å². The van der Waals surface area contributed by atoms with E-state index in [1.165, 1.54) is 22.0 Å². The minimum atomic E-state index is -0.228. The summed E-state index contributed by atoms with van der Waals surface area (Å²) in [6, 6.07) is 21.6. The second-order valence-corrected chi connectivity index (χ2v) is 7.98. The van der Waals surface area contributed by atoms with Crippen LogP contribution in [0, 0.1) is 0 Å². The molecule has 0 aromatic heterocycles. The third kappa shape index (κ3) is 5.34. The number of hydrogen-bond acceptors (Lipinski definition) is 3. The van der Waals surface area contributed by atoms with Gasteiger partial charge in [-0.3, -0.25) is 9.59 Å². The molecule has 0 bridgehead atoms. The maximum absolute atomic E-state index is 12.4. The Kier molecular flexibility index (Phi) is 6.53. The molecule has 3 aromatic rings. The number of nitrogens with zero attached hydrogens (tertiary/aromatic N) is 1. The first-order chi connectivity index (χ1) is 13.0. The molecule has 4 nitrogen and oxygen atoms in total. The summed E-state index contributed by atoms with van der Waals surface area (Å²) in [5, 5.41) is 5.13. The Hall–Kier alpha value is -2.31. The summed E-state index contributed by atoms with van der Waals surface area (Å²) < 4.78 is 0.805. The van der Waals surface area contributed by atoms with E-state index in [1.807, 2.05) is 36.4 Å². The van der Waals surface area contributed by atoms with E-state index in [0.717, 1.165) is 14.8 Å². The van der Waals surface area contributed by atoms with Gasteiger partial charge in [0.25, 0.3) is 0 Å². The van der Waals surface area contributed by atoms with Crippen LogP contribution in [0.3, 0.4) is 0 Å². The van der Waals surface area contributed by atoms with Crippen LogP contribution in [0.4, 0.5) is 5.69 Å². The minimum Gasteiger partial charge on any atom is -0.336 e. The third-order valence-corrected chi connectivity index (χ3v) is 5.71. The molecular weight excluding hydrogens is 424 g/mol. The Morgan fingerprint density at radius 3 is 2.48 bits per heavy atom. The van der Waals surface area contributed by atoms with Gasteiger partial charge in [-0.2, -0.15) is 0 Å². The van der Waals surface area contributed by atoms with E-state index in [4.69, 9.17) is 0 Å². The van der Waals surface area contributed by atoms with E-state index in [9.17, 15) is 9.59 Å².